The lowest BCUT2D eigenvalue weighted by Crippen LogP contribution is -2.62. The van der Waals surface area contributed by atoms with Gasteiger partial charge in [-0.15, -0.1) is 0 Å². The average Bonchev–Trinajstić information content (AvgIpc) is 3.08. The van der Waals surface area contributed by atoms with Crippen LogP contribution in [-0.2, 0) is 14.3 Å². The number of amides is 1. The molecule has 1 saturated carbocycles. The van der Waals surface area contributed by atoms with Gasteiger partial charge >= 0.3 is 0 Å². The van der Waals surface area contributed by atoms with Crippen molar-refractivity contribution >= 4 is 5.91 Å². The third-order valence-corrected chi connectivity index (χ3v) is 6.10. The smallest absolute Gasteiger partial charge is 0.222 e. The van der Waals surface area contributed by atoms with Crippen molar-refractivity contribution in [2.24, 2.45) is 5.92 Å². The first-order chi connectivity index (χ1) is 11.2. The molecule has 1 spiro atoms. The number of morpholine rings is 1. The van der Waals surface area contributed by atoms with E-state index in [0.29, 0.717) is 11.8 Å². The molecule has 132 valence electrons. The third kappa shape index (κ3) is 4.06. The molecule has 0 aromatic rings. The van der Waals surface area contributed by atoms with Crippen LogP contribution in [0.15, 0.2) is 0 Å². The van der Waals surface area contributed by atoms with E-state index in [-0.39, 0.29) is 5.54 Å². The van der Waals surface area contributed by atoms with Crippen molar-refractivity contribution < 1.29 is 14.3 Å². The normalized spacial score (nSPS) is 26.0. The molecule has 0 unspecified atom stereocenters. The highest BCUT2D eigenvalue weighted by Crippen LogP contribution is 2.33. The highest BCUT2D eigenvalue weighted by molar-refractivity contribution is 5.76. The summed E-state index contributed by atoms with van der Waals surface area (Å²) in [6.07, 6.45) is 7.97. The van der Waals surface area contributed by atoms with Crippen molar-refractivity contribution in [1.29, 1.82) is 0 Å². The van der Waals surface area contributed by atoms with Gasteiger partial charge in [-0.3, -0.25) is 9.69 Å². The SMILES string of the molecule is COCCN1CCOCC12CCN(C(=O)CC1CCCC1)CC2. The third-order valence-electron chi connectivity index (χ3n) is 6.10. The Labute approximate surface area is 140 Å². The van der Waals surface area contributed by atoms with E-state index in [1.54, 1.807) is 7.11 Å². The largest absolute Gasteiger partial charge is 0.383 e. The average molecular weight is 324 g/mol. The van der Waals surface area contributed by atoms with Gasteiger partial charge in [-0.1, -0.05) is 12.8 Å². The monoisotopic (exact) mass is 324 g/mol. The highest BCUT2D eigenvalue weighted by atomic mass is 16.5. The number of piperidine rings is 1. The number of hydrogen-bond acceptors (Lipinski definition) is 4. The molecule has 23 heavy (non-hydrogen) atoms. The van der Waals surface area contributed by atoms with Gasteiger partial charge in [0, 0.05) is 45.2 Å². The molecule has 0 radical (unpaired) electrons. The Balaban J connectivity index is 1.52. The van der Waals surface area contributed by atoms with Gasteiger partial charge in [-0.25, -0.2) is 0 Å². The van der Waals surface area contributed by atoms with Crippen molar-refractivity contribution in [2.45, 2.75) is 50.5 Å². The van der Waals surface area contributed by atoms with E-state index in [9.17, 15) is 4.79 Å². The Bertz CT molecular complexity index is 388. The molecule has 1 aliphatic carbocycles. The maximum Gasteiger partial charge on any atom is 0.222 e. The lowest BCUT2D eigenvalue weighted by molar-refractivity contribution is -0.140. The van der Waals surface area contributed by atoms with E-state index in [1.807, 2.05) is 0 Å². The van der Waals surface area contributed by atoms with Gasteiger partial charge in [0.15, 0.2) is 0 Å². The molecule has 0 bridgehead atoms. The zero-order valence-electron chi connectivity index (χ0n) is 14.6. The Kier molecular flexibility index (Phi) is 5.94. The van der Waals surface area contributed by atoms with E-state index >= 15 is 0 Å². The summed E-state index contributed by atoms with van der Waals surface area (Å²) in [6, 6.07) is 0. The maximum atomic E-state index is 12.5. The molecule has 5 nitrogen and oxygen atoms in total. The summed E-state index contributed by atoms with van der Waals surface area (Å²) in [4.78, 5) is 17.2. The van der Waals surface area contributed by atoms with E-state index < -0.39 is 0 Å². The molecule has 3 aliphatic rings. The second kappa shape index (κ2) is 7.95. The van der Waals surface area contributed by atoms with Gasteiger partial charge in [0.25, 0.3) is 0 Å². The van der Waals surface area contributed by atoms with Crippen molar-refractivity contribution in [3.8, 4) is 0 Å². The van der Waals surface area contributed by atoms with Crippen LogP contribution < -0.4 is 0 Å². The number of carbonyl (C=O) groups is 1. The summed E-state index contributed by atoms with van der Waals surface area (Å²) in [6.45, 7) is 6.12. The quantitative estimate of drug-likeness (QED) is 0.775. The molecule has 0 aromatic carbocycles. The van der Waals surface area contributed by atoms with E-state index in [2.05, 4.69) is 9.80 Å². The fourth-order valence-electron chi connectivity index (χ4n) is 4.54. The summed E-state index contributed by atoms with van der Waals surface area (Å²) in [5.41, 5.74) is 0.126. The molecule has 0 atom stereocenters. The molecule has 0 N–H and O–H groups in total. The molecule has 2 saturated heterocycles. The van der Waals surface area contributed by atoms with Gasteiger partial charge in [0.2, 0.25) is 5.91 Å². The second-order valence-corrected chi connectivity index (χ2v) is 7.49. The van der Waals surface area contributed by atoms with Gasteiger partial charge in [0.1, 0.15) is 0 Å². The molecule has 0 aromatic heterocycles. The van der Waals surface area contributed by atoms with Crippen molar-refractivity contribution in [2.75, 3.05) is 53.1 Å². The van der Waals surface area contributed by atoms with Crippen LogP contribution in [0.1, 0.15) is 44.9 Å². The Morgan fingerprint density at radius 2 is 1.96 bits per heavy atom. The minimum atomic E-state index is 0.126. The topological polar surface area (TPSA) is 42.0 Å². The molecule has 1 amide bonds. The van der Waals surface area contributed by atoms with Crippen LogP contribution in [0.3, 0.4) is 0 Å². The Morgan fingerprint density at radius 1 is 1.22 bits per heavy atom. The lowest BCUT2D eigenvalue weighted by Gasteiger charge is -2.51. The van der Waals surface area contributed by atoms with Crippen LogP contribution in [0.25, 0.3) is 0 Å². The van der Waals surface area contributed by atoms with Crippen LogP contribution in [0, 0.1) is 5.92 Å². The predicted molar refractivity (Wildman–Crippen MR) is 89.4 cm³/mol. The number of methoxy groups -OCH3 is 1. The summed E-state index contributed by atoms with van der Waals surface area (Å²) >= 11 is 0. The number of nitrogens with zero attached hydrogens (tertiary/aromatic N) is 2. The van der Waals surface area contributed by atoms with Gasteiger partial charge < -0.3 is 14.4 Å². The molecular weight excluding hydrogens is 292 g/mol. The maximum absolute atomic E-state index is 12.5. The zero-order chi connectivity index (χ0) is 16.1. The number of ether oxygens (including phenoxy) is 2. The predicted octanol–water partition coefficient (Wildman–Crippen LogP) is 1.91. The number of likely N-dealkylation sites (tertiary alicyclic amines) is 1. The van der Waals surface area contributed by atoms with Crippen LogP contribution in [0.5, 0.6) is 0 Å². The van der Waals surface area contributed by atoms with Gasteiger partial charge in [-0.05, 0) is 31.6 Å². The molecule has 5 heteroatoms. The van der Waals surface area contributed by atoms with Crippen LogP contribution in [0.2, 0.25) is 0 Å². The molecule has 2 aliphatic heterocycles. The fraction of sp³-hybridized carbons (Fsp3) is 0.944. The minimum absolute atomic E-state index is 0.126. The Hall–Kier alpha value is -0.650. The molecule has 3 fully saturated rings. The Morgan fingerprint density at radius 3 is 2.65 bits per heavy atom. The number of carbonyl (C=O) groups excluding carboxylic acids is 1. The van der Waals surface area contributed by atoms with Crippen LogP contribution in [0.4, 0.5) is 0 Å². The number of hydrogen-bond donors (Lipinski definition) is 0. The standard InChI is InChI=1S/C18H32N2O3/c1-22-12-10-20-11-13-23-15-18(20)6-8-19(9-7-18)17(21)14-16-4-2-3-5-16/h16H,2-15H2,1H3. The van der Waals surface area contributed by atoms with Gasteiger partial charge in [-0.2, -0.15) is 0 Å². The van der Waals surface area contributed by atoms with E-state index in [0.717, 1.165) is 65.3 Å². The number of rotatable bonds is 5. The van der Waals surface area contributed by atoms with E-state index in [4.69, 9.17) is 9.47 Å². The van der Waals surface area contributed by atoms with Crippen LogP contribution in [-0.4, -0.2) is 74.4 Å². The summed E-state index contributed by atoms with van der Waals surface area (Å²) in [5, 5.41) is 0. The minimum Gasteiger partial charge on any atom is -0.383 e. The summed E-state index contributed by atoms with van der Waals surface area (Å²) in [7, 11) is 1.76. The first-order valence-electron chi connectivity index (χ1n) is 9.33. The first kappa shape index (κ1) is 17.2. The fourth-order valence-corrected chi connectivity index (χ4v) is 4.54. The molecule has 2 heterocycles. The highest BCUT2D eigenvalue weighted by Gasteiger charge is 2.42. The van der Waals surface area contributed by atoms with Crippen molar-refractivity contribution in [3.63, 3.8) is 0 Å². The summed E-state index contributed by atoms with van der Waals surface area (Å²) < 4.78 is 11.1. The van der Waals surface area contributed by atoms with Crippen LogP contribution >= 0.6 is 0 Å². The second-order valence-electron chi connectivity index (χ2n) is 7.49. The summed E-state index contributed by atoms with van der Waals surface area (Å²) in [5.74, 6) is 1.03. The van der Waals surface area contributed by atoms with Crippen molar-refractivity contribution in [1.82, 2.24) is 9.80 Å². The van der Waals surface area contributed by atoms with Crippen molar-refractivity contribution in [3.05, 3.63) is 0 Å². The molecular formula is C18H32N2O3. The molecule has 3 rings (SSSR count). The van der Waals surface area contributed by atoms with Gasteiger partial charge in [0.05, 0.1) is 19.8 Å². The zero-order valence-corrected chi connectivity index (χ0v) is 14.6. The first-order valence-corrected chi connectivity index (χ1v) is 9.33. The van der Waals surface area contributed by atoms with E-state index in [1.165, 1.54) is 25.7 Å². The lowest BCUT2D eigenvalue weighted by atomic mass is 9.85.